The second kappa shape index (κ2) is 7.69. The van der Waals surface area contributed by atoms with E-state index in [4.69, 9.17) is 4.74 Å². The van der Waals surface area contributed by atoms with Gasteiger partial charge in [0.25, 0.3) is 0 Å². The van der Waals surface area contributed by atoms with Gasteiger partial charge in [0.05, 0.1) is 6.04 Å². The lowest BCUT2D eigenvalue weighted by Gasteiger charge is -2.10. The highest BCUT2D eigenvalue weighted by molar-refractivity contribution is 5.97. The summed E-state index contributed by atoms with van der Waals surface area (Å²) < 4.78 is 58.5. The Morgan fingerprint density at radius 2 is 1.77 bits per heavy atom. The Hall–Kier alpha value is -2.68. The van der Waals surface area contributed by atoms with Crippen LogP contribution in [0.25, 0.3) is 0 Å². The fourth-order valence-corrected chi connectivity index (χ4v) is 2.71. The van der Waals surface area contributed by atoms with Gasteiger partial charge in [0.15, 0.2) is 17.5 Å². The molecule has 2 N–H and O–H groups in total. The molecule has 26 heavy (non-hydrogen) atoms. The minimum atomic E-state index is -1.66. The zero-order chi connectivity index (χ0) is 18.7. The summed E-state index contributed by atoms with van der Waals surface area (Å²) in [5.41, 5.74) is 2.41. The summed E-state index contributed by atoms with van der Waals surface area (Å²) >= 11 is 0. The Bertz CT molecular complexity index is 795. The fourth-order valence-electron chi connectivity index (χ4n) is 2.71. The van der Waals surface area contributed by atoms with Crippen LogP contribution < -0.4 is 10.2 Å². The Balaban J connectivity index is 1.82. The number of nitrogens with one attached hydrogen (secondary N) is 1. The zero-order valence-corrected chi connectivity index (χ0v) is 13.5. The summed E-state index contributed by atoms with van der Waals surface area (Å²) in [4.78, 5) is 8.21. The van der Waals surface area contributed by atoms with E-state index in [0.29, 0.717) is 5.56 Å². The molecule has 0 saturated heterocycles. The van der Waals surface area contributed by atoms with Gasteiger partial charge >= 0.3 is 0 Å². The van der Waals surface area contributed by atoms with Gasteiger partial charge in [-0.3, -0.25) is 15.7 Å². The molecule has 0 aliphatic heterocycles. The summed E-state index contributed by atoms with van der Waals surface area (Å²) in [7, 11) is 0. The molecule has 0 atom stereocenters. The van der Waals surface area contributed by atoms with Crippen molar-refractivity contribution in [3.8, 4) is 11.6 Å². The molecule has 2 aromatic rings. The first-order valence-electron chi connectivity index (χ1n) is 7.94. The van der Waals surface area contributed by atoms with E-state index in [1.165, 1.54) is 18.3 Å². The Kier molecular flexibility index (Phi) is 5.36. The largest absolute Gasteiger partial charge is 0.433 e. The molecule has 138 valence electrons. The predicted molar refractivity (Wildman–Crippen MR) is 84.3 cm³/mol. The van der Waals surface area contributed by atoms with E-state index in [1.54, 1.807) is 0 Å². The summed E-state index contributed by atoms with van der Waals surface area (Å²) in [5.74, 6) is -7.77. The quantitative estimate of drug-likeness (QED) is 0.280. The Morgan fingerprint density at radius 1 is 1.12 bits per heavy atom. The number of pyridine rings is 1. The molecule has 1 aromatic carbocycles. The van der Waals surface area contributed by atoms with Crippen molar-refractivity contribution >= 4 is 5.84 Å². The van der Waals surface area contributed by atoms with Crippen LogP contribution in [-0.4, -0.2) is 22.1 Å². The highest BCUT2D eigenvalue weighted by atomic mass is 19.2. The average molecular weight is 369 g/mol. The van der Waals surface area contributed by atoms with Crippen LogP contribution in [0.15, 0.2) is 29.4 Å². The first kappa shape index (κ1) is 18.1. The van der Waals surface area contributed by atoms with Gasteiger partial charge in [-0.2, -0.15) is 8.78 Å². The maximum absolute atomic E-state index is 13.6. The van der Waals surface area contributed by atoms with Crippen LogP contribution in [0, 0.1) is 23.3 Å². The molecule has 3 rings (SSSR count). The third kappa shape index (κ3) is 3.77. The minimum Gasteiger partial charge on any atom is -0.433 e. The Morgan fingerprint density at radius 3 is 2.31 bits per heavy atom. The van der Waals surface area contributed by atoms with Crippen molar-refractivity contribution < 1.29 is 27.5 Å². The summed E-state index contributed by atoms with van der Waals surface area (Å²) in [5, 5.41) is 9.26. The van der Waals surface area contributed by atoms with Crippen molar-refractivity contribution in [3.05, 3.63) is 53.2 Å². The number of halogens is 4. The van der Waals surface area contributed by atoms with Crippen molar-refractivity contribution in [1.29, 1.82) is 0 Å². The molecule has 1 fully saturated rings. The van der Waals surface area contributed by atoms with Gasteiger partial charge in [-0.25, -0.2) is 13.8 Å². The van der Waals surface area contributed by atoms with E-state index >= 15 is 0 Å². The second-order valence-electron chi connectivity index (χ2n) is 5.81. The van der Waals surface area contributed by atoms with Gasteiger partial charge in [-0.05, 0) is 18.9 Å². The van der Waals surface area contributed by atoms with Crippen molar-refractivity contribution in [2.45, 2.75) is 31.7 Å². The number of benzene rings is 1. The van der Waals surface area contributed by atoms with Crippen LogP contribution >= 0.6 is 0 Å². The molecule has 9 heteroatoms. The van der Waals surface area contributed by atoms with E-state index in [-0.39, 0.29) is 23.8 Å². The lowest BCUT2D eigenvalue weighted by molar-refractivity contribution is 0.234. The maximum atomic E-state index is 13.6. The number of amidine groups is 1. The predicted octanol–water partition coefficient (Wildman–Crippen LogP) is 4.10. The van der Waals surface area contributed by atoms with Crippen LogP contribution in [0.3, 0.4) is 0 Å². The van der Waals surface area contributed by atoms with Gasteiger partial charge in [0.1, 0.15) is 0 Å². The van der Waals surface area contributed by atoms with Gasteiger partial charge < -0.3 is 4.74 Å². The van der Waals surface area contributed by atoms with Gasteiger partial charge in [0, 0.05) is 23.9 Å². The topological polar surface area (TPSA) is 66.7 Å². The molecule has 0 radical (unpaired) electrons. The molecule has 1 aliphatic rings. The second-order valence-corrected chi connectivity index (χ2v) is 5.81. The first-order chi connectivity index (χ1) is 12.5. The van der Waals surface area contributed by atoms with Crippen molar-refractivity contribution in [2.75, 3.05) is 0 Å². The van der Waals surface area contributed by atoms with E-state index in [2.05, 4.69) is 9.98 Å². The van der Waals surface area contributed by atoms with Crippen LogP contribution in [0.2, 0.25) is 0 Å². The summed E-state index contributed by atoms with van der Waals surface area (Å²) in [6.45, 7) is 0. The third-order valence-electron chi connectivity index (χ3n) is 4.03. The van der Waals surface area contributed by atoms with Gasteiger partial charge in [-0.15, -0.1) is 0 Å². The third-order valence-corrected chi connectivity index (χ3v) is 4.03. The van der Waals surface area contributed by atoms with E-state index < -0.39 is 29.0 Å². The lowest BCUT2D eigenvalue weighted by atomic mass is 10.2. The number of aliphatic imine (C=N–C) groups is 1. The van der Waals surface area contributed by atoms with Gasteiger partial charge in [0.2, 0.25) is 23.3 Å². The standard InChI is InChI=1S/C17H15F4N3O2/c18-11-7-12(19)15(21)16(14(11)20)26-13-6-5-9(8-22-13)17(24-25)23-10-3-1-2-4-10/h5-8,10,25H,1-4H2,(H,23,24). The number of ether oxygens (including phenoxy) is 1. The van der Waals surface area contributed by atoms with Crippen LogP contribution in [-0.2, 0) is 0 Å². The fraction of sp³-hybridized carbons (Fsp3) is 0.294. The number of rotatable bonds is 4. The molecular weight excluding hydrogens is 354 g/mol. The van der Waals surface area contributed by atoms with Crippen molar-refractivity contribution in [3.63, 3.8) is 0 Å². The molecule has 0 unspecified atom stereocenters. The highest BCUT2D eigenvalue weighted by Gasteiger charge is 2.22. The summed E-state index contributed by atoms with van der Waals surface area (Å²) in [6, 6.07) is 2.86. The maximum Gasteiger partial charge on any atom is 0.219 e. The molecule has 0 spiro atoms. The summed E-state index contributed by atoms with van der Waals surface area (Å²) in [6.07, 6.45) is 5.23. The normalized spacial score (nSPS) is 15.3. The molecule has 0 bridgehead atoms. The van der Waals surface area contributed by atoms with E-state index in [1.807, 2.05) is 5.48 Å². The Labute approximate surface area is 146 Å². The molecule has 0 amide bonds. The molecule has 1 aromatic heterocycles. The monoisotopic (exact) mass is 369 g/mol. The number of hydrogen-bond donors (Lipinski definition) is 2. The van der Waals surface area contributed by atoms with Gasteiger partial charge in [-0.1, -0.05) is 12.8 Å². The first-order valence-corrected chi connectivity index (χ1v) is 7.94. The van der Waals surface area contributed by atoms with Crippen LogP contribution in [0.1, 0.15) is 31.2 Å². The molecule has 1 saturated carbocycles. The van der Waals surface area contributed by atoms with Crippen LogP contribution in [0.5, 0.6) is 11.6 Å². The average Bonchev–Trinajstić information content (AvgIpc) is 3.15. The number of aromatic nitrogens is 1. The smallest absolute Gasteiger partial charge is 0.219 e. The molecule has 5 nitrogen and oxygen atoms in total. The molecular formula is C17H15F4N3O2. The number of hydrogen-bond acceptors (Lipinski definition) is 4. The van der Waals surface area contributed by atoms with E-state index in [0.717, 1.165) is 25.7 Å². The highest BCUT2D eigenvalue weighted by Crippen LogP contribution is 2.30. The molecule has 1 aliphatic carbocycles. The SMILES string of the molecule is ONC(=NC1CCCC1)c1ccc(Oc2c(F)c(F)cc(F)c2F)nc1. The molecule has 1 heterocycles. The van der Waals surface area contributed by atoms with Crippen LogP contribution in [0.4, 0.5) is 17.6 Å². The van der Waals surface area contributed by atoms with Crippen molar-refractivity contribution in [2.24, 2.45) is 4.99 Å². The minimum absolute atomic E-state index is 0.0900. The van der Waals surface area contributed by atoms with Crippen molar-refractivity contribution in [1.82, 2.24) is 10.5 Å². The number of nitrogens with zero attached hydrogens (tertiary/aromatic N) is 2. The lowest BCUT2D eigenvalue weighted by Crippen LogP contribution is -2.22. The van der Waals surface area contributed by atoms with E-state index in [9.17, 15) is 22.8 Å². The number of hydroxylamine groups is 1. The zero-order valence-electron chi connectivity index (χ0n) is 13.5.